The summed E-state index contributed by atoms with van der Waals surface area (Å²) in [5.74, 6) is 0. The number of furan rings is 1. The van der Waals surface area contributed by atoms with Gasteiger partial charge in [-0.15, -0.1) is 0 Å². The summed E-state index contributed by atoms with van der Waals surface area (Å²) in [5, 5.41) is 25.1. The Bertz CT molecular complexity index is 7490. The van der Waals surface area contributed by atoms with E-state index in [2.05, 4.69) is 443 Å². The molecule has 1 heteroatoms. The molecule has 23 rings (SSSR count). The first-order valence-corrected chi connectivity index (χ1v) is 39.7. The molecule has 0 amide bonds. The van der Waals surface area contributed by atoms with Crippen LogP contribution in [0.15, 0.2) is 453 Å². The highest BCUT2D eigenvalue weighted by molar-refractivity contribution is 6.27. The summed E-state index contributed by atoms with van der Waals surface area (Å²) < 4.78 is 6.53. The number of benzene rings is 22. The van der Waals surface area contributed by atoms with Crippen LogP contribution in [0.5, 0.6) is 0 Å². The van der Waals surface area contributed by atoms with E-state index in [1.807, 2.05) is 6.07 Å². The molecule has 23 aromatic rings. The third-order valence-corrected chi connectivity index (χ3v) is 23.4. The lowest BCUT2D eigenvalue weighted by molar-refractivity contribution is 0.670. The van der Waals surface area contributed by atoms with Crippen LogP contribution < -0.4 is 0 Å². The minimum atomic E-state index is 0.918. The fourth-order valence-electron chi connectivity index (χ4n) is 18.2. The lowest BCUT2D eigenvalue weighted by Crippen LogP contribution is -1.92. The van der Waals surface area contributed by atoms with Crippen LogP contribution in [0.2, 0.25) is 0 Å². The van der Waals surface area contributed by atoms with E-state index in [4.69, 9.17) is 4.42 Å². The zero-order chi connectivity index (χ0) is 76.1. The van der Waals surface area contributed by atoms with Gasteiger partial charge in [-0.25, -0.2) is 0 Å². The number of hydrogen-bond donors (Lipinski definition) is 0. The van der Waals surface area contributed by atoms with Crippen LogP contribution in [-0.4, -0.2) is 0 Å². The fraction of sp³-hybridized carbons (Fsp3) is 0. The second-order valence-corrected chi connectivity index (χ2v) is 29.9. The van der Waals surface area contributed by atoms with Crippen molar-refractivity contribution < 1.29 is 4.42 Å². The van der Waals surface area contributed by atoms with Crippen LogP contribution in [-0.2, 0) is 0 Å². The van der Waals surface area contributed by atoms with E-state index in [1.165, 1.54) is 192 Å². The summed E-state index contributed by atoms with van der Waals surface area (Å²) in [5.41, 5.74) is 24.4. The van der Waals surface area contributed by atoms with Gasteiger partial charge in [0, 0.05) is 21.9 Å². The zero-order valence-corrected chi connectivity index (χ0v) is 63.1. The predicted octanol–water partition coefficient (Wildman–Crippen LogP) is 32.3. The van der Waals surface area contributed by atoms with Crippen LogP contribution >= 0.6 is 0 Å². The van der Waals surface area contributed by atoms with Crippen molar-refractivity contribution in [2.45, 2.75) is 0 Å². The lowest BCUT2D eigenvalue weighted by atomic mass is 9.84. The maximum Gasteiger partial charge on any atom is 0.143 e. The van der Waals surface area contributed by atoms with E-state index < -0.39 is 0 Å². The molecule has 536 valence electrons. The van der Waals surface area contributed by atoms with E-state index in [0.29, 0.717) is 0 Å². The smallest absolute Gasteiger partial charge is 0.143 e. The molecule has 1 heterocycles. The second-order valence-electron chi connectivity index (χ2n) is 29.9. The minimum Gasteiger partial charge on any atom is -0.455 e. The molecule has 22 aromatic carbocycles. The van der Waals surface area contributed by atoms with E-state index in [-0.39, 0.29) is 0 Å². The maximum absolute atomic E-state index is 6.53. The van der Waals surface area contributed by atoms with Gasteiger partial charge in [-0.1, -0.05) is 437 Å². The molecule has 0 spiro atoms. The van der Waals surface area contributed by atoms with Crippen molar-refractivity contribution in [1.82, 2.24) is 0 Å². The molecule has 0 aliphatic carbocycles. The average Bonchev–Trinajstić information content (AvgIpc) is 1.69. The van der Waals surface area contributed by atoms with Gasteiger partial charge >= 0.3 is 0 Å². The summed E-state index contributed by atoms with van der Waals surface area (Å²) in [4.78, 5) is 0. The molecular formula is C114H74O. The molecule has 0 unspecified atom stereocenters. The van der Waals surface area contributed by atoms with Gasteiger partial charge in [0.2, 0.25) is 0 Å². The van der Waals surface area contributed by atoms with Gasteiger partial charge in [-0.05, 0) is 198 Å². The minimum absolute atomic E-state index is 0.918. The first-order valence-electron chi connectivity index (χ1n) is 39.7. The Kier molecular flexibility index (Phi) is 17.4. The number of hydrogen-bond acceptors (Lipinski definition) is 1. The van der Waals surface area contributed by atoms with Gasteiger partial charge < -0.3 is 4.42 Å². The number of fused-ring (bicyclic) bond motifs is 12. The maximum atomic E-state index is 6.53. The highest BCUT2D eigenvalue weighted by Gasteiger charge is 2.24. The molecular weight excluding hydrogens is 1390 g/mol. The van der Waals surface area contributed by atoms with Crippen LogP contribution in [0.1, 0.15) is 0 Å². The normalized spacial score (nSPS) is 11.5. The van der Waals surface area contributed by atoms with E-state index in [9.17, 15) is 0 Å². The van der Waals surface area contributed by atoms with Crippen LogP contribution in [0, 0.1) is 0 Å². The SMILES string of the molecule is c1ccc(-c2ccc(-c3c4ccccc4c(-c4cccc5ccccc45)c4ccccc34)cc2)cc1.c1ccc(-c2ccc(-c3c4ccccc4c(-c4ccccc4)c4ccccc34)c3ccccc23)cc1.c1ccc2cc(-c3ccc(-c4c5ccccc5c(-c5cccc6c5oc5ccccc56)c5ccccc45)cc3)ccc2c1. The van der Waals surface area contributed by atoms with Crippen LogP contribution in [0.4, 0.5) is 0 Å². The van der Waals surface area contributed by atoms with Crippen molar-refractivity contribution in [3.63, 3.8) is 0 Å². The standard InChI is InChI=1S/C42H26O.2C36H24/c1-2-11-30-26-31(25-22-27(30)10-1)28-20-23-29(24-21-28)40-33-13-3-5-15-35(33)41(36-16-6-4-14-34(36)40)38-18-9-17-37-32-12-7-8-19-39(32)43-42(37)38;1-3-13-25(14-4-1)27-23-24-34(29-18-8-7-17-28(27)29)36-32-21-11-9-19-30(32)35(26-15-5-2-6-16-26)31-20-10-12-22-33(31)36;1-2-11-25(12-3-1)26-21-23-28(24-22-26)35-31-16-6-8-18-33(31)36(34-19-9-7-17-32(34)35)30-20-10-14-27-13-4-5-15-29(27)30/h1-26H;2*1-24H. The van der Waals surface area contributed by atoms with Crippen molar-refractivity contribution in [2.24, 2.45) is 0 Å². The molecule has 115 heavy (non-hydrogen) atoms. The molecule has 0 aliphatic rings. The van der Waals surface area contributed by atoms with Crippen molar-refractivity contribution >= 4 is 119 Å². The van der Waals surface area contributed by atoms with Crippen molar-refractivity contribution in [3.8, 4) is 100 Å². The largest absolute Gasteiger partial charge is 0.455 e. The number of para-hydroxylation sites is 2. The first kappa shape index (κ1) is 68.0. The van der Waals surface area contributed by atoms with Gasteiger partial charge in [0.05, 0.1) is 0 Å². The van der Waals surface area contributed by atoms with Gasteiger partial charge in [-0.2, -0.15) is 0 Å². The molecule has 0 N–H and O–H groups in total. The third-order valence-electron chi connectivity index (χ3n) is 23.4. The fourth-order valence-corrected chi connectivity index (χ4v) is 18.2. The Balaban J connectivity index is 0.000000109. The summed E-state index contributed by atoms with van der Waals surface area (Å²) in [6.45, 7) is 0. The van der Waals surface area contributed by atoms with Gasteiger partial charge in [0.1, 0.15) is 11.2 Å². The lowest BCUT2D eigenvalue weighted by Gasteiger charge is -2.19. The molecule has 1 aromatic heterocycles. The van der Waals surface area contributed by atoms with E-state index in [0.717, 1.165) is 27.5 Å². The Hall–Kier alpha value is -15.0. The molecule has 0 saturated carbocycles. The predicted molar refractivity (Wildman–Crippen MR) is 493 cm³/mol. The quantitative estimate of drug-likeness (QED) is 0.131. The van der Waals surface area contributed by atoms with Crippen LogP contribution in [0.3, 0.4) is 0 Å². The second kappa shape index (κ2) is 29.3. The molecule has 0 radical (unpaired) electrons. The van der Waals surface area contributed by atoms with Gasteiger partial charge in [0.15, 0.2) is 0 Å². The molecule has 1 nitrogen and oxygen atoms in total. The summed E-state index contributed by atoms with van der Waals surface area (Å²) >= 11 is 0. The summed E-state index contributed by atoms with van der Waals surface area (Å²) in [6.07, 6.45) is 0. The third kappa shape index (κ3) is 12.1. The molecule has 0 fully saturated rings. The topological polar surface area (TPSA) is 13.1 Å². The highest BCUT2D eigenvalue weighted by Crippen LogP contribution is 2.51. The van der Waals surface area contributed by atoms with Gasteiger partial charge in [-0.3, -0.25) is 0 Å². The van der Waals surface area contributed by atoms with Crippen molar-refractivity contribution in [3.05, 3.63) is 449 Å². The number of rotatable bonds is 9. The van der Waals surface area contributed by atoms with E-state index in [1.54, 1.807) is 0 Å². The van der Waals surface area contributed by atoms with Crippen molar-refractivity contribution in [2.75, 3.05) is 0 Å². The average molecular weight is 1460 g/mol. The van der Waals surface area contributed by atoms with Gasteiger partial charge in [0.25, 0.3) is 0 Å². The molecule has 0 bridgehead atoms. The molecule has 0 saturated heterocycles. The molecule has 0 aliphatic heterocycles. The Morgan fingerprint density at radius 1 is 0.122 bits per heavy atom. The molecule has 0 atom stereocenters. The van der Waals surface area contributed by atoms with Crippen molar-refractivity contribution in [1.29, 1.82) is 0 Å². The summed E-state index contributed by atoms with van der Waals surface area (Å²) in [6, 6.07) is 162. The Morgan fingerprint density at radius 2 is 0.400 bits per heavy atom. The first-order chi connectivity index (χ1) is 57.1. The van der Waals surface area contributed by atoms with Crippen LogP contribution in [0.25, 0.3) is 219 Å². The Morgan fingerprint density at radius 3 is 0.887 bits per heavy atom. The zero-order valence-electron chi connectivity index (χ0n) is 63.1. The highest BCUT2D eigenvalue weighted by atomic mass is 16.3. The van der Waals surface area contributed by atoms with E-state index >= 15 is 0 Å². The monoisotopic (exact) mass is 1460 g/mol. The summed E-state index contributed by atoms with van der Waals surface area (Å²) in [7, 11) is 0. The Labute approximate surface area is 667 Å².